The van der Waals surface area contributed by atoms with Crippen LogP contribution in [0.3, 0.4) is 0 Å². The van der Waals surface area contributed by atoms with Gasteiger partial charge in [0.15, 0.2) is 0 Å². The molecule has 19 heavy (non-hydrogen) atoms. The van der Waals surface area contributed by atoms with E-state index in [1.54, 1.807) is 4.72 Å². The summed E-state index contributed by atoms with van der Waals surface area (Å²) in [4.78, 5) is 14.0. The van der Waals surface area contributed by atoms with E-state index in [0.717, 1.165) is 18.3 Å². The monoisotopic (exact) mass is 299 g/mol. The molecule has 0 spiro atoms. The fourth-order valence-corrected chi connectivity index (χ4v) is 1.84. The molecule has 0 aliphatic heterocycles. The molecule has 0 unspecified atom stereocenters. The molecular weight excluding hydrogens is 291 g/mol. The highest BCUT2D eigenvalue weighted by Gasteiger charge is 2.29. The molecule has 1 aromatic rings. The van der Waals surface area contributed by atoms with Crippen molar-refractivity contribution in [1.82, 2.24) is 9.71 Å². The fourth-order valence-electron chi connectivity index (χ4n) is 0.979. The molecular formula is C8H8F3N3O4S. The van der Waals surface area contributed by atoms with Crippen molar-refractivity contribution in [3.05, 3.63) is 24.0 Å². The lowest BCUT2D eigenvalue weighted by atomic mass is 10.3. The van der Waals surface area contributed by atoms with E-state index in [0.29, 0.717) is 0 Å². The van der Waals surface area contributed by atoms with Gasteiger partial charge in [0, 0.05) is 6.20 Å². The molecule has 0 aliphatic carbocycles. The molecule has 3 N–H and O–H groups in total. The first kappa shape index (κ1) is 15.2. The Balaban J connectivity index is 2.78. The number of carbonyl (C=O) groups is 1. The van der Waals surface area contributed by atoms with Crippen LogP contribution in [0.15, 0.2) is 18.3 Å². The van der Waals surface area contributed by atoms with E-state index in [-0.39, 0.29) is 5.69 Å². The lowest BCUT2D eigenvalue weighted by Gasteiger charge is -2.11. The zero-order valence-corrected chi connectivity index (χ0v) is 9.92. The second-order valence-corrected chi connectivity index (χ2v) is 4.78. The number of pyridine rings is 1. The number of rotatable bonds is 5. The van der Waals surface area contributed by atoms with Gasteiger partial charge >= 0.3 is 12.1 Å². The third-order valence-electron chi connectivity index (χ3n) is 1.69. The lowest BCUT2D eigenvalue weighted by molar-refractivity contribution is -0.121. The third kappa shape index (κ3) is 5.52. The van der Waals surface area contributed by atoms with Crippen molar-refractivity contribution in [2.24, 2.45) is 0 Å². The van der Waals surface area contributed by atoms with Crippen LogP contribution in [0.1, 0.15) is 10.5 Å². The Kier molecular flexibility index (Phi) is 4.32. The minimum atomic E-state index is -4.70. The van der Waals surface area contributed by atoms with Crippen molar-refractivity contribution < 1.29 is 31.5 Å². The number of aromatic carboxylic acids is 1. The lowest BCUT2D eigenvalue weighted by Crippen LogP contribution is -2.37. The van der Waals surface area contributed by atoms with Gasteiger partial charge in [-0.1, -0.05) is 0 Å². The van der Waals surface area contributed by atoms with Gasteiger partial charge in [0.05, 0.1) is 5.69 Å². The average molecular weight is 299 g/mol. The zero-order chi connectivity index (χ0) is 14.7. The first-order valence-electron chi connectivity index (χ1n) is 4.62. The predicted octanol–water partition coefficient (Wildman–Crippen LogP) is 0.588. The summed E-state index contributed by atoms with van der Waals surface area (Å²) >= 11 is 0. The highest BCUT2D eigenvalue weighted by atomic mass is 32.2. The number of nitrogens with one attached hydrogen (secondary N) is 2. The fraction of sp³-hybridized carbons (Fsp3) is 0.250. The highest BCUT2D eigenvalue weighted by Crippen LogP contribution is 2.14. The van der Waals surface area contributed by atoms with E-state index in [1.165, 1.54) is 4.72 Å². The van der Waals surface area contributed by atoms with Crippen molar-refractivity contribution in [3.63, 3.8) is 0 Å². The minimum absolute atomic E-state index is 0.220. The SMILES string of the molecule is O=C(O)c1cc(NS(=O)(=O)NCC(F)(F)F)ccn1. The van der Waals surface area contributed by atoms with Crippen molar-refractivity contribution in [3.8, 4) is 0 Å². The zero-order valence-electron chi connectivity index (χ0n) is 9.10. The number of alkyl halides is 3. The smallest absolute Gasteiger partial charge is 0.402 e. The molecule has 1 heterocycles. The molecule has 0 saturated carbocycles. The summed E-state index contributed by atoms with van der Waals surface area (Å²) in [5.74, 6) is -1.40. The second-order valence-electron chi connectivity index (χ2n) is 3.28. The first-order chi connectivity index (χ1) is 8.59. The normalized spacial score (nSPS) is 12.2. The molecule has 7 nitrogen and oxygen atoms in total. The van der Waals surface area contributed by atoms with Crippen LogP contribution in [-0.2, 0) is 10.2 Å². The van der Waals surface area contributed by atoms with E-state index in [1.807, 2.05) is 0 Å². The molecule has 106 valence electrons. The van der Waals surface area contributed by atoms with Gasteiger partial charge in [-0.05, 0) is 12.1 Å². The summed E-state index contributed by atoms with van der Waals surface area (Å²) in [6.07, 6.45) is -3.69. The minimum Gasteiger partial charge on any atom is -0.477 e. The van der Waals surface area contributed by atoms with E-state index in [9.17, 15) is 26.4 Å². The molecule has 0 bridgehead atoms. The number of nitrogens with zero attached hydrogens (tertiary/aromatic N) is 1. The largest absolute Gasteiger partial charge is 0.477 e. The van der Waals surface area contributed by atoms with E-state index >= 15 is 0 Å². The molecule has 0 amide bonds. The van der Waals surface area contributed by atoms with Crippen molar-refractivity contribution >= 4 is 21.9 Å². The predicted molar refractivity (Wildman–Crippen MR) is 57.8 cm³/mol. The molecule has 0 aromatic carbocycles. The number of halogens is 3. The molecule has 1 aromatic heterocycles. The molecule has 0 fully saturated rings. The van der Waals surface area contributed by atoms with Crippen LogP contribution in [0.2, 0.25) is 0 Å². The Morgan fingerprint density at radius 2 is 2.05 bits per heavy atom. The first-order valence-corrected chi connectivity index (χ1v) is 6.11. The van der Waals surface area contributed by atoms with Crippen LogP contribution in [0, 0.1) is 0 Å². The molecule has 0 saturated heterocycles. The summed E-state index contributed by atoms with van der Waals surface area (Å²) in [6.45, 7) is -1.74. The average Bonchev–Trinajstić information content (AvgIpc) is 2.25. The Bertz CT molecular complexity index is 573. The van der Waals surface area contributed by atoms with Crippen molar-refractivity contribution in [2.45, 2.75) is 6.18 Å². The Morgan fingerprint density at radius 1 is 1.42 bits per heavy atom. The van der Waals surface area contributed by atoms with Crippen LogP contribution in [0.5, 0.6) is 0 Å². The highest BCUT2D eigenvalue weighted by molar-refractivity contribution is 7.90. The Labute approximate surface area is 105 Å². The molecule has 0 aliphatic rings. The second kappa shape index (κ2) is 5.40. The maximum absolute atomic E-state index is 11.9. The number of hydrogen-bond acceptors (Lipinski definition) is 4. The van der Waals surface area contributed by atoms with E-state index < -0.39 is 34.6 Å². The van der Waals surface area contributed by atoms with Gasteiger partial charge < -0.3 is 5.11 Å². The maximum Gasteiger partial charge on any atom is 0.402 e. The number of anilines is 1. The molecule has 11 heteroatoms. The summed E-state index contributed by atoms with van der Waals surface area (Å²) in [5, 5.41) is 8.61. The van der Waals surface area contributed by atoms with E-state index in [2.05, 4.69) is 4.98 Å². The van der Waals surface area contributed by atoms with Gasteiger partial charge in [0.25, 0.3) is 10.2 Å². The maximum atomic E-state index is 11.9. The summed E-state index contributed by atoms with van der Waals surface area (Å²) < 4.78 is 61.0. The van der Waals surface area contributed by atoms with Crippen LogP contribution in [0.25, 0.3) is 0 Å². The summed E-state index contributed by atoms with van der Waals surface area (Å²) in [6, 6.07) is 1.97. The van der Waals surface area contributed by atoms with Gasteiger partial charge in [-0.2, -0.15) is 26.3 Å². The number of aromatic nitrogens is 1. The summed E-state index contributed by atoms with van der Waals surface area (Å²) in [7, 11) is -4.45. The topological polar surface area (TPSA) is 108 Å². The van der Waals surface area contributed by atoms with Gasteiger partial charge in [-0.3, -0.25) is 4.72 Å². The van der Waals surface area contributed by atoms with Gasteiger partial charge in [0.2, 0.25) is 0 Å². The quantitative estimate of drug-likeness (QED) is 0.737. The number of hydrogen-bond donors (Lipinski definition) is 3. The number of carboxylic acid groups (broad SMARTS) is 1. The van der Waals surface area contributed by atoms with Gasteiger partial charge in [0.1, 0.15) is 12.2 Å². The summed E-state index contributed by atoms with van der Waals surface area (Å²) in [5.41, 5.74) is -0.668. The number of carboxylic acids is 1. The van der Waals surface area contributed by atoms with Crippen LogP contribution in [0.4, 0.5) is 18.9 Å². The van der Waals surface area contributed by atoms with Crippen molar-refractivity contribution in [2.75, 3.05) is 11.3 Å². The van der Waals surface area contributed by atoms with Crippen LogP contribution in [-0.4, -0.2) is 37.2 Å². The van der Waals surface area contributed by atoms with Gasteiger partial charge in [-0.25, -0.2) is 9.78 Å². The van der Waals surface area contributed by atoms with Gasteiger partial charge in [-0.15, -0.1) is 0 Å². The molecule has 0 radical (unpaired) electrons. The van der Waals surface area contributed by atoms with Crippen molar-refractivity contribution in [1.29, 1.82) is 0 Å². The Morgan fingerprint density at radius 3 is 2.58 bits per heavy atom. The third-order valence-corrected chi connectivity index (χ3v) is 2.72. The standard InChI is InChI=1S/C8H8F3N3O4S/c9-8(10,11)4-13-19(17,18)14-5-1-2-12-6(3-5)7(15)16/h1-3,13H,4H2,(H,12,14)(H,15,16). The van der Waals surface area contributed by atoms with Crippen LogP contribution >= 0.6 is 0 Å². The molecule has 1 rings (SSSR count). The Hall–Kier alpha value is -1.88. The molecule has 0 atom stereocenters. The van der Waals surface area contributed by atoms with Crippen LogP contribution < -0.4 is 9.44 Å². The van der Waals surface area contributed by atoms with E-state index in [4.69, 9.17) is 5.11 Å².